The standard InChI is InChI=1S/C22H32N4O/c1-25(15-17-7-3-4-8-17)22-24-23-21(19-11-13-20(27-2)14-12-19)26(22)16-18-9-5-6-10-18/h11-14,17-18H,3-10,15-16H2,1-2H3. The van der Waals surface area contributed by atoms with Crippen LogP contribution in [0, 0.1) is 11.8 Å². The molecule has 5 nitrogen and oxygen atoms in total. The quantitative estimate of drug-likeness (QED) is 0.706. The molecule has 2 aliphatic carbocycles. The highest BCUT2D eigenvalue weighted by Gasteiger charge is 2.24. The molecule has 4 rings (SSSR count). The van der Waals surface area contributed by atoms with E-state index in [-0.39, 0.29) is 0 Å². The molecule has 5 heteroatoms. The first kappa shape index (κ1) is 18.3. The van der Waals surface area contributed by atoms with Gasteiger partial charge in [-0.2, -0.15) is 0 Å². The molecule has 0 saturated heterocycles. The topological polar surface area (TPSA) is 43.2 Å². The van der Waals surface area contributed by atoms with Crippen LogP contribution in [0.5, 0.6) is 5.75 Å². The molecule has 27 heavy (non-hydrogen) atoms. The SMILES string of the molecule is COc1ccc(-c2nnc(N(C)CC3CCCC3)n2CC2CCCC2)cc1. The Morgan fingerprint density at radius 3 is 2.22 bits per heavy atom. The zero-order valence-electron chi connectivity index (χ0n) is 16.7. The Labute approximate surface area is 162 Å². The number of benzene rings is 1. The van der Waals surface area contributed by atoms with Gasteiger partial charge in [0.15, 0.2) is 5.82 Å². The Bertz CT molecular complexity index is 727. The van der Waals surface area contributed by atoms with Crippen molar-refractivity contribution < 1.29 is 4.74 Å². The van der Waals surface area contributed by atoms with Crippen molar-refractivity contribution in [1.29, 1.82) is 0 Å². The van der Waals surface area contributed by atoms with E-state index >= 15 is 0 Å². The maximum Gasteiger partial charge on any atom is 0.227 e. The maximum atomic E-state index is 5.31. The fraction of sp³-hybridized carbons (Fsp3) is 0.636. The van der Waals surface area contributed by atoms with Gasteiger partial charge >= 0.3 is 0 Å². The number of nitrogens with zero attached hydrogens (tertiary/aromatic N) is 4. The van der Waals surface area contributed by atoms with Gasteiger partial charge in [-0.05, 0) is 61.8 Å². The van der Waals surface area contributed by atoms with Crippen molar-refractivity contribution in [2.24, 2.45) is 11.8 Å². The highest BCUT2D eigenvalue weighted by molar-refractivity contribution is 5.59. The van der Waals surface area contributed by atoms with E-state index in [0.29, 0.717) is 0 Å². The predicted molar refractivity (Wildman–Crippen MR) is 109 cm³/mol. The molecule has 1 aromatic heterocycles. The summed E-state index contributed by atoms with van der Waals surface area (Å²) in [4.78, 5) is 2.34. The lowest BCUT2D eigenvalue weighted by Crippen LogP contribution is -2.27. The fourth-order valence-corrected chi connectivity index (χ4v) is 4.81. The summed E-state index contributed by atoms with van der Waals surface area (Å²) in [5.74, 6) is 4.43. The molecule has 0 amide bonds. The molecule has 0 spiro atoms. The van der Waals surface area contributed by atoms with Crippen LogP contribution in [0.2, 0.25) is 0 Å². The maximum absolute atomic E-state index is 5.31. The van der Waals surface area contributed by atoms with Gasteiger partial charge in [-0.25, -0.2) is 0 Å². The monoisotopic (exact) mass is 368 g/mol. The Balaban J connectivity index is 1.61. The summed E-state index contributed by atoms with van der Waals surface area (Å²) in [6, 6.07) is 8.20. The summed E-state index contributed by atoms with van der Waals surface area (Å²) in [7, 11) is 3.89. The molecule has 2 fully saturated rings. The largest absolute Gasteiger partial charge is 0.497 e. The number of hydrogen-bond acceptors (Lipinski definition) is 4. The molecule has 0 bridgehead atoms. The van der Waals surface area contributed by atoms with E-state index in [4.69, 9.17) is 4.74 Å². The molecule has 0 atom stereocenters. The Kier molecular flexibility index (Phi) is 5.65. The molecule has 2 aromatic rings. The number of rotatable bonds is 7. The van der Waals surface area contributed by atoms with Gasteiger partial charge in [-0.15, -0.1) is 10.2 Å². The van der Waals surface area contributed by atoms with Gasteiger partial charge in [0.2, 0.25) is 5.95 Å². The first-order valence-electron chi connectivity index (χ1n) is 10.5. The summed E-state index contributed by atoms with van der Waals surface area (Å²) in [5, 5.41) is 9.24. The first-order valence-corrected chi connectivity index (χ1v) is 10.5. The van der Waals surface area contributed by atoms with Crippen LogP contribution >= 0.6 is 0 Å². The number of anilines is 1. The van der Waals surface area contributed by atoms with Crippen molar-refractivity contribution in [3.8, 4) is 17.1 Å². The second kappa shape index (κ2) is 8.32. The second-order valence-electron chi connectivity index (χ2n) is 8.34. The Morgan fingerprint density at radius 1 is 0.963 bits per heavy atom. The molecular formula is C22H32N4O. The minimum atomic E-state index is 0.747. The van der Waals surface area contributed by atoms with E-state index in [1.807, 2.05) is 12.1 Å². The molecule has 1 aromatic carbocycles. The molecule has 0 unspecified atom stereocenters. The average Bonchev–Trinajstić information content (AvgIpc) is 3.44. The zero-order chi connectivity index (χ0) is 18.6. The van der Waals surface area contributed by atoms with E-state index in [2.05, 4.69) is 38.8 Å². The lowest BCUT2D eigenvalue weighted by Gasteiger charge is -2.24. The van der Waals surface area contributed by atoms with Gasteiger partial charge in [0.05, 0.1) is 7.11 Å². The van der Waals surface area contributed by atoms with E-state index in [1.165, 1.54) is 51.4 Å². The van der Waals surface area contributed by atoms with Crippen molar-refractivity contribution >= 4 is 5.95 Å². The molecule has 2 aliphatic rings. The van der Waals surface area contributed by atoms with Gasteiger partial charge in [0.1, 0.15) is 5.75 Å². The molecule has 2 saturated carbocycles. The first-order chi connectivity index (χ1) is 13.2. The van der Waals surface area contributed by atoms with Gasteiger partial charge in [-0.3, -0.25) is 4.57 Å². The van der Waals surface area contributed by atoms with Crippen molar-refractivity contribution in [2.75, 3.05) is 25.6 Å². The summed E-state index contributed by atoms with van der Waals surface area (Å²) in [6.45, 7) is 2.12. The van der Waals surface area contributed by atoms with Crippen LogP contribution in [0.25, 0.3) is 11.4 Å². The molecule has 1 heterocycles. The predicted octanol–water partition coefficient (Wildman–Crippen LogP) is 4.77. The number of methoxy groups -OCH3 is 1. The highest BCUT2D eigenvalue weighted by Crippen LogP contribution is 2.32. The van der Waals surface area contributed by atoms with Gasteiger partial charge in [0, 0.05) is 25.7 Å². The summed E-state index contributed by atoms with van der Waals surface area (Å²) in [5.41, 5.74) is 1.11. The van der Waals surface area contributed by atoms with Crippen molar-refractivity contribution in [3.05, 3.63) is 24.3 Å². The van der Waals surface area contributed by atoms with Crippen LogP contribution in [-0.2, 0) is 6.54 Å². The summed E-state index contributed by atoms with van der Waals surface area (Å²) < 4.78 is 7.68. The third-order valence-electron chi connectivity index (χ3n) is 6.34. The van der Waals surface area contributed by atoms with Crippen LogP contribution < -0.4 is 9.64 Å². The van der Waals surface area contributed by atoms with E-state index in [9.17, 15) is 0 Å². The third-order valence-corrected chi connectivity index (χ3v) is 6.34. The molecular weight excluding hydrogens is 336 g/mol. The van der Waals surface area contributed by atoms with Crippen molar-refractivity contribution in [2.45, 2.75) is 57.9 Å². The molecule has 0 radical (unpaired) electrons. The smallest absolute Gasteiger partial charge is 0.227 e. The minimum Gasteiger partial charge on any atom is -0.497 e. The molecule has 0 aliphatic heterocycles. The van der Waals surface area contributed by atoms with Crippen LogP contribution in [0.1, 0.15) is 51.4 Å². The van der Waals surface area contributed by atoms with Crippen LogP contribution in [-0.4, -0.2) is 35.5 Å². The summed E-state index contributed by atoms with van der Waals surface area (Å²) >= 11 is 0. The zero-order valence-corrected chi connectivity index (χ0v) is 16.7. The van der Waals surface area contributed by atoms with Crippen LogP contribution in [0.4, 0.5) is 5.95 Å². The lowest BCUT2D eigenvalue weighted by atomic mass is 10.1. The molecule has 146 valence electrons. The van der Waals surface area contributed by atoms with Gasteiger partial charge in [-0.1, -0.05) is 25.7 Å². The van der Waals surface area contributed by atoms with Crippen molar-refractivity contribution in [3.63, 3.8) is 0 Å². The van der Waals surface area contributed by atoms with E-state index < -0.39 is 0 Å². The lowest BCUT2D eigenvalue weighted by molar-refractivity contribution is 0.415. The number of hydrogen-bond donors (Lipinski definition) is 0. The third kappa shape index (κ3) is 4.12. The van der Waals surface area contributed by atoms with Gasteiger partial charge < -0.3 is 9.64 Å². The number of aromatic nitrogens is 3. The Hall–Kier alpha value is -2.04. The highest BCUT2D eigenvalue weighted by atomic mass is 16.5. The van der Waals surface area contributed by atoms with Crippen molar-refractivity contribution in [1.82, 2.24) is 14.8 Å². The van der Waals surface area contributed by atoms with E-state index in [0.717, 1.165) is 48.0 Å². The fourth-order valence-electron chi connectivity index (χ4n) is 4.81. The van der Waals surface area contributed by atoms with Crippen LogP contribution in [0.3, 0.4) is 0 Å². The second-order valence-corrected chi connectivity index (χ2v) is 8.34. The Morgan fingerprint density at radius 2 is 1.59 bits per heavy atom. The normalized spacial score (nSPS) is 18.3. The van der Waals surface area contributed by atoms with E-state index in [1.54, 1.807) is 7.11 Å². The van der Waals surface area contributed by atoms with Gasteiger partial charge in [0.25, 0.3) is 0 Å². The minimum absolute atomic E-state index is 0.747. The summed E-state index contributed by atoms with van der Waals surface area (Å²) in [6.07, 6.45) is 10.8. The number of ether oxygens (including phenoxy) is 1. The van der Waals surface area contributed by atoms with Crippen LogP contribution in [0.15, 0.2) is 24.3 Å². The average molecular weight is 369 g/mol. The molecule has 0 N–H and O–H groups in total.